The fourth-order valence-electron chi connectivity index (χ4n) is 9.69. The van der Waals surface area contributed by atoms with Gasteiger partial charge in [-0.15, -0.1) is 89.0 Å². The van der Waals surface area contributed by atoms with Crippen molar-refractivity contribution in [2.45, 2.75) is 65.7 Å². The molecule has 10 rings (SSSR count). The Hall–Kier alpha value is -8.38. The van der Waals surface area contributed by atoms with Crippen molar-refractivity contribution in [1.29, 1.82) is 5.26 Å². The Bertz CT molecular complexity index is 3630. The van der Waals surface area contributed by atoms with Gasteiger partial charge in [-0.1, -0.05) is 147 Å². The molecule has 0 atom stereocenters. The van der Waals surface area contributed by atoms with Gasteiger partial charge >= 0.3 is 20.1 Å². The van der Waals surface area contributed by atoms with Gasteiger partial charge in [0.25, 0.3) is 0 Å². The van der Waals surface area contributed by atoms with Crippen molar-refractivity contribution in [2.75, 3.05) is 0 Å². The van der Waals surface area contributed by atoms with Crippen LogP contribution < -0.4 is 0 Å². The second-order valence-electron chi connectivity index (χ2n) is 20.1. The van der Waals surface area contributed by atoms with E-state index in [0.717, 1.165) is 104 Å². The van der Waals surface area contributed by atoms with Gasteiger partial charge in [0.1, 0.15) is 5.69 Å². The third-order valence-electron chi connectivity index (χ3n) is 13.9. The summed E-state index contributed by atoms with van der Waals surface area (Å²) in [4.78, 5) is 18.5. The molecule has 5 nitrogen and oxygen atoms in total. The number of nitriles is 1. The Balaban J connectivity index is 0.00000689. The summed E-state index contributed by atoms with van der Waals surface area (Å²) in [6.45, 7) is 18.5. The molecule has 0 N–H and O–H groups in total. The quantitative estimate of drug-likeness (QED) is 0.108. The zero-order valence-electron chi connectivity index (χ0n) is 42.8. The first-order valence-electron chi connectivity index (χ1n) is 25.1. The first-order chi connectivity index (χ1) is 36.0. The van der Waals surface area contributed by atoms with Crippen molar-refractivity contribution in [3.05, 3.63) is 263 Å². The van der Waals surface area contributed by atoms with Gasteiger partial charge in [-0.25, -0.2) is 0 Å². The van der Waals surface area contributed by atoms with E-state index in [1.54, 1.807) is 24.3 Å². The number of pyridine rings is 3. The third-order valence-corrected chi connectivity index (χ3v) is 13.9. The van der Waals surface area contributed by atoms with Crippen molar-refractivity contribution < 1.29 is 20.1 Å². The number of aryl methyl sites for hydroxylation is 6. The largest absolute Gasteiger partial charge is 3.00 e. The van der Waals surface area contributed by atoms with E-state index in [4.69, 9.17) is 21.5 Å². The van der Waals surface area contributed by atoms with Crippen LogP contribution in [0.4, 0.5) is 5.69 Å². The molecule has 0 saturated heterocycles. The molecule has 7 aromatic carbocycles. The summed E-state index contributed by atoms with van der Waals surface area (Å²) in [6.07, 6.45) is 9.27. The molecule has 3 aromatic heterocycles. The maximum Gasteiger partial charge on any atom is 3.00 e. The Morgan fingerprint density at radius 3 is 1.64 bits per heavy atom. The van der Waals surface area contributed by atoms with Crippen LogP contribution in [0.1, 0.15) is 65.3 Å². The molecule has 0 aliphatic rings. The molecule has 0 aliphatic heterocycles. The smallest absolute Gasteiger partial charge is 0.304 e. The van der Waals surface area contributed by atoms with Gasteiger partial charge in [-0.2, -0.15) is 11.3 Å². The van der Waals surface area contributed by atoms with Crippen LogP contribution in [0.5, 0.6) is 0 Å². The van der Waals surface area contributed by atoms with Crippen molar-refractivity contribution in [3.8, 4) is 84.3 Å². The van der Waals surface area contributed by atoms with E-state index in [0.29, 0.717) is 11.3 Å². The summed E-state index contributed by atoms with van der Waals surface area (Å²) in [6, 6.07) is 71.2. The van der Waals surface area contributed by atoms with E-state index < -0.39 is 0 Å². The molecule has 3 heterocycles. The molecular weight excluding hydrogens is 1090 g/mol. The van der Waals surface area contributed by atoms with Crippen molar-refractivity contribution in [2.24, 2.45) is 0 Å². The summed E-state index contributed by atoms with van der Waals surface area (Å²) in [5, 5.41) is 9.52. The van der Waals surface area contributed by atoms with Gasteiger partial charge in [0.2, 0.25) is 0 Å². The summed E-state index contributed by atoms with van der Waals surface area (Å²) in [5.74, 6) is 0. The average molecular weight is 1150 g/mol. The molecule has 10 aromatic rings. The second kappa shape index (κ2) is 22.8. The summed E-state index contributed by atoms with van der Waals surface area (Å²) in [7, 11) is 0. The predicted octanol–water partition coefficient (Wildman–Crippen LogP) is 16.8. The van der Waals surface area contributed by atoms with Gasteiger partial charge in [0, 0.05) is 24.2 Å². The molecule has 0 radical (unpaired) electrons. The number of nitrogens with zero attached hydrogens (tertiary/aromatic N) is 5. The Kier molecular flexibility index (Phi) is 15.7. The van der Waals surface area contributed by atoms with Crippen molar-refractivity contribution >= 4 is 5.69 Å². The first kappa shape index (κ1) is 51.5. The standard InChI is InChI=1S/C69H54N5.Ir/c1-46-33-66(54-18-12-15-50(38-54)42-70)72-43-57(46)27-25-48-35-49(26-28-58-44-73-67(34-47(58)2)56-20-14-22-61(40-56)71-6)37-59(36-48)62-23-10-11-24-63(62)65-45-74-68(55-19-13-21-60(39-55)69(3,4)5)41-64(65)53-31-29-52(30-32-53)51-16-8-7-9-17-51;/h7-17,21-24,29-41,43-45H,25-28H2,1-5H3;/q-3;+3. The van der Waals surface area contributed by atoms with Gasteiger partial charge < -0.3 is 15.0 Å². The van der Waals surface area contributed by atoms with E-state index in [2.05, 4.69) is 197 Å². The molecule has 6 heteroatoms. The topological polar surface area (TPSA) is 66.8 Å². The molecule has 0 fully saturated rings. The maximum atomic E-state index is 9.52. The zero-order valence-corrected chi connectivity index (χ0v) is 45.2. The van der Waals surface area contributed by atoms with E-state index in [-0.39, 0.29) is 25.5 Å². The van der Waals surface area contributed by atoms with Gasteiger partial charge in [-0.3, -0.25) is 4.85 Å². The average Bonchev–Trinajstić information content (AvgIpc) is 3.44. The number of hydrogen-bond acceptors (Lipinski definition) is 4. The predicted molar refractivity (Wildman–Crippen MR) is 301 cm³/mol. The molecular formula is C69H54IrN5. The van der Waals surface area contributed by atoms with Crippen LogP contribution in [-0.4, -0.2) is 15.0 Å². The molecule has 0 bridgehead atoms. The fraction of sp³-hybridized carbons (Fsp3) is 0.145. The molecule has 364 valence electrons. The van der Waals surface area contributed by atoms with Crippen LogP contribution in [0.2, 0.25) is 0 Å². The van der Waals surface area contributed by atoms with Crippen LogP contribution in [0.25, 0.3) is 83.1 Å². The molecule has 75 heavy (non-hydrogen) atoms. The van der Waals surface area contributed by atoms with E-state index in [1.807, 2.05) is 30.6 Å². The molecule has 0 aliphatic carbocycles. The van der Waals surface area contributed by atoms with Crippen LogP contribution in [0.15, 0.2) is 188 Å². The monoisotopic (exact) mass is 1150 g/mol. The summed E-state index contributed by atoms with van der Waals surface area (Å²) < 4.78 is 0. The van der Waals surface area contributed by atoms with E-state index in [1.165, 1.54) is 38.9 Å². The second-order valence-corrected chi connectivity index (χ2v) is 20.1. The molecule has 0 amide bonds. The minimum absolute atomic E-state index is 0. The fourth-order valence-corrected chi connectivity index (χ4v) is 9.69. The first-order valence-corrected chi connectivity index (χ1v) is 25.1. The van der Waals surface area contributed by atoms with Crippen LogP contribution >= 0.6 is 0 Å². The minimum Gasteiger partial charge on any atom is -0.304 e. The molecule has 0 unspecified atom stereocenters. The molecule has 0 saturated carbocycles. The number of benzene rings is 7. The minimum atomic E-state index is -0.0237. The summed E-state index contributed by atoms with van der Waals surface area (Å²) >= 11 is 0. The van der Waals surface area contributed by atoms with Crippen LogP contribution in [-0.2, 0) is 51.2 Å². The maximum absolute atomic E-state index is 9.52. The SMILES string of the molecule is [C-]#[N+]c1cc[c-]c(-c2cc(C)c(CCc3cc(CCc4cnc(-c5[c-]ccc(C#N)c5)cc4C)cc(-c4ccccc4-c4cnc(-c5[c-]ccc(C(C)(C)C)c5)cc4-c4ccc(-c5ccccc5)cc4)c3)cn2)c1.[Ir+3]. The third kappa shape index (κ3) is 11.9. The Morgan fingerprint density at radius 1 is 0.493 bits per heavy atom. The number of aromatic nitrogens is 3. The molecule has 0 spiro atoms. The van der Waals surface area contributed by atoms with E-state index >= 15 is 0 Å². The zero-order chi connectivity index (χ0) is 51.2. The summed E-state index contributed by atoms with van der Waals surface area (Å²) in [5.41, 5.74) is 23.6. The Labute approximate surface area is 455 Å². The van der Waals surface area contributed by atoms with Crippen molar-refractivity contribution in [3.63, 3.8) is 0 Å². The number of hydrogen-bond donors (Lipinski definition) is 0. The normalized spacial score (nSPS) is 11.1. The number of rotatable bonds is 13. The van der Waals surface area contributed by atoms with Crippen LogP contribution in [0.3, 0.4) is 0 Å². The van der Waals surface area contributed by atoms with E-state index in [9.17, 15) is 5.26 Å². The van der Waals surface area contributed by atoms with Crippen LogP contribution in [0, 0.1) is 49.9 Å². The van der Waals surface area contributed by atoms with Gasteiger partial charge in [0.15, 0.2) is 0 Å². The van der Waals surface area contributed by atoms with Gasteiger partial charge in [0.05, 0.1) is 12.6 Å². The van der Waals surface area contributed by atoms with Crippen molar-refractivity contribution in [1.82, 2.24) is 15.0 Å². The Morgan fingerprint density at radius 2 is 1.03 bits per heavy atom. The van der Waals surface area contributed by atoms with Gasteiger partial charge in [-0.05, 0) is 129 Å².